The lowest BCUT2D eigenvalue weighted by Gasteiger charge is -2.14. The molecule has 0 aliphatic carbocycles. The van der Waals surface area contributed by atoms with Gasteiger partial charge in [-0.2, -0.15) is 0 Å². The third kappa shape index (κ3) is 5.47. The van der Waals surface area contributed by atoms with E-state index in [2.05, 4.69) is 10.0 Å². The Kier molecular flexibility index (Phi) is 6.86. The highest BCUT2D eigenvalue weighted by molar-refractivity contribution is 7.92. The summed E-state index contributed by atoms with van der Waals surface area (Å²) in [5, 5.41) is 2.72. The Hall–Kier alpha value is -3.07. The predicted octanol–water partition coefficient (Wildman–Crippen LogP) is 2.34. The molecule has 8 nitrogen and oxygen atoms in total. The molecule has 0 atom stereocenters. The molecule has 9 heteroatoms. The Morgan fingerprint density at radius 2 is 1.66 bits per heavy atom. The molecular weight excluding hydrogens is 394 g/mol. The molecule has 2 aromatic carbocycles. The highest BCUT2D eigenvalue weighted by Crippen LogP contribution is 2.24. The fourth-order valence-electron chi connectivity index (χ4n) is 2.52. The number of nitrogens with zero attached hydrogens (tertiary/aromatic N) is 1. The molecule has 0 saturated heterocycles. The number of sulfonamides is 1. The fourth-order valence-corrected chi connectivity index (χ4v) is 3.61. The normalized spacial score (nSPS) is 11.1. The lowest BCUT2D eigenvalue weighted by Crippen LogP contribution is -2.30. The molecule has 0 heterocycles. The summed E-state index contributed by atoms with van der Waals surface area (Å²) in [5.41, 5.74) is 0.857. The molecule has 2 aromatic rings. The monoisotopic (exact) mass is 419 g/mol. The van der Waals surface area contributed by atoms with Crippen molar-refractivity contribution in [2.24, 2.45) is 0 Å². The molecule has 0 unspecified atom stereocenters. The topological polar surface area (TPSA) is 105 Å². The van der Waals surface area contributed by atoms with Gasteiger partial charge in [0, 0.05) is 31.4 Å². The second kappa shape index (κ2) is 8.95. The van der Waals surface area contributed by atoms with Crippen LogP contribution in [0, 0.1) is 0 Å². The van der Waals surface area contributed by atoms with Crippen LogP contribution in [-0.4, -0.2) is 52.4 Å². The maximum atomic E-state index is 12.8. The van der Waals surface area contributed by atoms with E-state index in [9.17, 15) is 18.0 Å². The van der Waals surface area contributed by atoms with Gasteiger partial charge in [0.25, 0.3) is 21.8 Å². The number of hydrogen-bond acceptors (Lipinski definition) is 5. The van der Waals surface area contributed by atoms with Gasteiger partial charge in [0.05, 0.1) is 17.6 Å². The summed E-state index contributed by atoms with van der Waals surface area (Å²) in [6, 6.07) is 10.0. The number of ether oxygens (including phenoxy) is 1. The zero-order valence-electron chi connectivity index (χ0n) is 17.0. The third-order valence-electron chi connectivity index (χ3n) is 3.94. The largest absolute Gasteiger partial charge is 0.496 e. The number of anilines is 1. The second-order valence-corrected chi connectivity index (χ2v) is 8.56. The van der Waals surface area contributed by atoms with Crippen molar-refractivity contribution in [2.45, 2.75) is 24.8 Å². The van der Waals surface area contributed by atoms with Crippen molar-refractivity contribution >= 4 is 27.5 Å². The zero-order chi connectivity index (χ0) is 21.8. The molecule has 0 aromatic heterocycles. The summed E-state index contributed by atoms with van der Waals surface area (Å²) < 4.78 is 33.2. The number of hydrogen-bond donors (Lipinski definition) is 2. The van der Waals surface area contributed by atoms with Gasteiger partial charge in [-0.1, -0.05) is 0 Å². The number of amides is 2. The molecule has 2 N–H and O–H groups in total. The number of carbonyl (C=O) groups excluding carboxylic acids is 2. The van der Waals surface area contributed by atoms with Gasteiger partial charge in [0.1, 0.15) is 5.75 Å². The van der Waals surface area contributed by atoms with Crippen LogP contribution < -0.4 is 14.8 Å². The van der Waals surface area contributed by atoms with Crippen LogP contribution in [0.2, 0.25) is 0 Å². The predicted molar refractivity (Wildman–Crippen MR) is 111 cm³/mol. The first-order valence-electron chi connectivity index (χ1n) is 8.88. The molecule has 156 valence electrons. The highest BCUT2D eigenvalue weighted by Gasteiger charge is 2.20. The van der Waals surface area contributed by atoms with Gasteiger partial charge in [-0.05, 0) is 56.3 Å². The first kappa shape index (κ1) is 22.2. The maximum Gasteiger partial charge on any atom is 0.261 e. The van der Waals surface area contributed by atoms with E-state index in [1.807, 2.05) is 0 Å². The standard InChI is InChI=1S/C20H25N3O5S/c1-13(2)21-19(24)17-12-16(10-11-18(17)28-5)29(26,27)22-15-8-6-14(7-9-15)20(25)23(3)4/h6-13,22H,1-5H3,(H,21,24). The third-order valence-corrected chi connectivity index (χ3v) is 5.31. The first-order chi connectivity index (χ1) is 13.5. The van der Waals surface area contributed by atoms with Gasteiger partial charge >= 0.3 is 0 Å². The van der Waals surface area contributed by atoms with E-state index in [0.717, 1.165) is 0 Å². The molecule has 0 radical (unpaired) electrons. The Bertz CT molecular complexity index is 999. The lowest BCUT2D eigenvalue weighted by atomic mass is 10.2. The van der Waals surface area contributed by atoms with Crippen molar-refractivity contribution in [1.82, 2.24) is 10.2 Å². The summed E-state index contributed by atoms with van der Waals surface area (Å²) in [4.78, 5) is 25.7. The Labute approximate surface area is 170 Å². The molecule has 0 saturated carbocycles. The van der Waals surface area contributed by atoms with Crippen molar-refractivity contribution in [3.8, 4) is 5.75 Å². The van der Waals surface area contributed by atoms with Gasteiger partial charge in [-0.15, -0.1) is 0 Å². The second-order valence-electron chi connectivity index (χ2n) is 6.87. The first-order valence-corrected chi connectivity index (χ1v) is 10.4. The smallest absolute Gasteiger partial charge is 0.261 e. The molecule has 0 aliphatic heterocycles. The SMILES string of the molecule is COc1ccc(S(=O)(=O)Nc2ccc(C(=O)N(C)C)cc2)cc1C(=O)NC(C)C. The van der Waals surface area contributed by atoms with E-state index < -0.39 is 15.9 Å². The van der Waals surface area contributed by atoms with Crippen LogP contribution in [0.3, 0.4) is 0 Å². The number of methoxy groups -OCH3 is 1. The van der Waals surface area contributed by atoms with Crippen LogP contribution in [0.5, 0.6) is 5.75 Å². The molecular formula is C20H25N3O5S. The molecule has 0 spiro atoms. The van der Waals surface area contributed by atoms with Crippen molar-refractivity contribution in [3.05, 3.63) is 53.6 Å². The van der Waals surface area contributed by atoms with Crippen LogP contribution >= 0.6 is 0 Å². The van der Waals surface area contributed by atoms with Crippen molar-refractivity contribution in [2.75, 3.05) is 25.9 Å². The average molecular weight is 420 g/mol. The van der Waals surface area contributed by atoms with Crippen LogP contribution in [-0.2, 0) is 10.0 Å². The summed E-state index contributed by atoms with van der Waals surface area (Å²) in [7, 11) is 0.723. The minimum Gasteiger partial charge on any atom is -0.496 e. The summed E-state index contributed by atoms with van der Waals surface area (Å²) >= 11 is 0. The lowest BCUT2D eigenvalue weighted by molar-refractivity contribution is 0.0827. The highest BCUT2D eigenvalue weighted by atomic mass is 32.2. The Balaban J connectivity index is 2.31. The summed E-state index contributed by atoms with van der Waals surface area (Å²) in [6.07, 6.45) is 0. The minimum atomic E-state index is -3.95. The Morgan fingerprint density at radius 3 is 2.17 bits per heavy atom. The Morgan fingerprint density at radius 1 is 1.03 bits per heavy atom. The summed E-state index contributed by atoms with van der Waals surface area (Å²) in [5.74, 6) is -0.343. The molecule has 0 fully saturated rings. The molecule has 0 bridgehead atoms. The number of carbonyl (C=O) groups is 2. The zero-order valence-corrected chi connectivity index (χ0v) is 17.8. The van der Waals surface area contributed by atoms with Crippen LogP contribution in [0.15, 0.2) is 47.4 Å². The van der Waals surface area contributed by atoms with Gasteiger partial charge < -0.3 is 15.0 Å². The number of nitrogens with one attached hydrogen (secondary N) is 2. The van der Waals surface area contributed by atoms with Gasteiger partial charge in [0.15, 0.2) is 0 Å². The maximum absolute atomic E-state index is 12.8. The number of rotatable bonds is 7. The van der Waals surface area contributed by atoms with E-state index in [1.165, 1.54) is 54.5 Å². The van der Waals surface area contributed by atoms with E-state index >= 15 is 0 Å². The van der Waals surface area contributed by atoms with E-state index in [0.29, 0.717) is 11.3 Å². The van der Waals surface area contributed by atoms with Crippen molar-refractivity contribution in [3.63, 3.8) is 0 Å². The molecule has 29 heavy (non-hydrogen) atoms. The molecule has 0 aliphatic rings. The molecule has 2 rings (SSSR count). The van der Waals surface area contributed by atoms with E-state index in [1.54, 1.807) is 27.9 Å². The summed E-state index contributed by atoms with van der Waals surface area (Å²) in [6.45, 7) is 3.61. The van der Waals surface area contributed by atoms with Crippen LogP contribution in [0.1, 0.15) is 34.6 Å². The van der Waals surface area contributed by atoms with Crippen molar-refractivity contribution < 1.29 is 22.7 Å². The average Bonchev–Trinajstić information content (AvgIpc) is 2.66. The van der Waals surface area contributed by atoms with Gasteiger partial charge in [-0.3, -0.25) is 14.3 Å². The minimum absolute atomic E-state index is 0.0827. The van der Waals surface area contributed by atoms with Crippen LogP contribution in [0.4, 0.5) is 5.69 Å². The van der Waals surface area contributed by atoms with Gasteiger partial charge in [0.2, 0.25) is 0 Å². The number of benzene rings is 2. The van der Waals surface area contributed by atoms with E-state index in [-0.39, 0.29) is 28.2 Å². The van der Waals surface area contributed by atoms with E-state index in [4.69, 9.17) is 4.74 Å². The van der Waals surface area contributed by atoms with Gasteiger partial charge in [-0.25, -0.2) is 8.42 Å². The van der Waals surface area contributed by atoms with Crippen molar-refractivity contribution in [1.29, 1.82) is 0 Å². The molecule has 2 amide bonds. The van der Waals surface area contributed by atoms with Crippen LogP contribution in [0.25, 0.3) is 0 Å². The fraction of sp³-hybridized carbons (Fsp3) is 0.300. The quantitative estimate of drug-likeness (QED) is 0.717.